The van der Waals surface area contributed by atoms with E-state index in [2.05, 4.69) is 21.3 Å². The van der Waals surface area contributed by atoms with Crippen molar-refractivity contribution in [3.63, 3.8) is 0 Å². The van der Waals surface area contributed by atoms with Gasteiger partial charge in [0.25, 0.3) is 0 Å². The van der Waals surface area contributed by atoms with Crippen molar-refractivity contribution in [3.8, 4) is 0 Å². The second-order valence-electron chi connectivity index (χ2n) is 2.70. The van der Waals surface area contributed by atoms with Crippen LogP contribution in [0.3, 0.4) is 0 Å². The first kappa shape index (κ1) is 9.23. The van der Waals surface area contributed by atoms with Crippen LogP contribution in [-0.4, -0.2) is 11.2 Å². The summed E-state index contributed by atoms with van der Waals surface area (Å²) >= 11 is 5.09. The number of hydrogen-bond donors (Lipinski definition) is 1. The Kier molecular flexibility index (Phi) is 3.10. The average molecular weight is 235 g/mol. The van der Waals surface area contributed by atoms with Crippen molar-refractivity contribution >= 4 is 27.3 Å². The molecule has 1 nitrogen and oxygen atoms in total. The lowest BCUT2D eigenvalue weighted by molar-refractivity contribution is 0.169. The third kappa shape index (κ3) is 2.04. The summed E-state index contributed by atoms with van der Waals surface area (Å²) in [4.78, 5) is 0. The summed E-state index contributed by atoms with van der Waals surface area (Å²) in [5.41, 5.74) is 1.20. The molecule has 0 bridgehead atoms. The Morgan fingerprint density at radius 2 is 2.09 bits per heavy atom. The van der Waals surface area contributed by atoms with Gasteiger partial charge in [-0.1, -0.05) is 6.92 Å². The fourth-order valence-electron chi connectivity index (χ4n) is 0.876. The van der Waals surface area contributed by atoms with Crippen LogP contribution in [0.4, 0.5) is 0 Å². The molecule has 1 aromatic heterocycles. The fourth-order valence-corrected chi connectivity index (χ4v) is 2.64. The van der Waals surface area contributed by atoms with Crippen LogP contribution >= 0.6 is 27.3 Å². The van der Waals surface area contributed by atoms with Gasteiger partial charge in [-0.25, -0.2) is 0 Å². The van der Waals surface area contributed by atoms with Gasteiger partial charge < -0.3 is 5.11 Å². The molecular weight excluding hydrogens is 224 g/mol. The molecule has 1 heterocycles. The Morgan fingerprint density at radius 1 is 1.45 bits per heavy atom. The molecular formula is C8H11BrOS. The maximum atomic E-state index is 9.30. The van der Waals surface area contributed by atoms with E-state index >= 15 is 0 Å². The van der Waals surface area contributed by atoms with Crippen molar-refractivity contribution in [3.05, 3.63) is 20.8 Å². The number of rotatable bonds is 2. The molecule has 0 aliphatic carbocycles. The number of aliphatic hydroxyl groups excluding tert-OH is 1. The molecule has 1 N–H and O–H groups in total. The van der Waals surface area contributed by atoms with Crippen LogP contribution in [-0.2, 0) is 0 Å². The van der Waals surface area contributed by atoms with E-state index in [0.717, 1.165) is 4.47 Å². The van der Waals surface area contributed by atoms with Gasteiger partial charge in [-0.2, -0.15) is 11.3 Å². The number of aliphatic hydroxyl groups is 1. The van der Waals surface area contributed by atoms with Gasteiger partial charge in [0.2, 0.25) is 0 Å². The Labute approximate surface area is 79.2 Å². The first-order chi connectivity index (χ1) is 5.13. The molecule has 0 aliphatic rings. The molecule has 62 valence electrons. The second kappa shape index (κ2) is 3.70. The summed E-state index contributed by atoms with van der Waals surface area (Å²) in [6.45, 7) is 3.84. The van der Waals surface area contributed by atoms with Crippen LogP contribution in [0.5, 0.6) is 0 Å². The molecule has 1 rings (SSSR count). The lowest BCUT2D eigenvalue weighted by Gasteiger charge is -2.13. The molecule has 0 radical (unpaired) electrons. The SMILES string of the molecule is CC(O)C(C)c1cscc1Br. The van der Waals surface area contributed by atoms with Crippen molar-refractivity contribution in [2.75, 3.05) is 0 Å². The molecule has 1 aromatic rings. The molecule has 3 heteroatoms. The van der Waals surface area contributed by atoms with Gasteiger partial charge >= 0.3 is 0 Å². The minimum absolute atomic E-state index is 0.218. The van der Waals surface area contributed by atoms with E-state index in [-0.39, 0.29) is 12.0 Å². The first-order valence-corrected chi connectivity index (χ1v) is 5.26. The van der Waals surface area contributed by atoms with E-state index < -0.39 is 0 Å². The highest BCUT2D eigenvalue weighted by atomic mass is 79.9. The van der Waals surface area contributed by atoms with Gasteiger partial charge in [-0.05, 0) is 33.8 Å². The van der Waals surface area contributed by atoms with Crippen molar-refractivity contribution in [2.24, 2.45) is 0 Å². The number of hydrogen-bond acceptors (Lipinski definition) is 2. The van der Waals surface area contributed by atoms with Crippen LogP contribution in [0, 0.1) is 0 Å². The van der Waals surface area contributed by atoms with Gasteiger partial charge in [0.15, 0.2) is 0 Å². The topological polar surface area (TPSA) is 20.2 Å². The number of thiophene rings is 1. The predicted octanol–water partition coefficient (Wildman–Crippen LogP) is 2.99. The highest BCUT2D eigenvalue weighted by Crippen LogP contribution is 2.30. The zero-order valence-corrected chi connectivity index (χ0v) is 8.95. The Morgan fingerprint density at radius 3 is 2.45 bits per heavy atom. The predicted molar refractivity (Wildman–Crippen MR) is 52.1 cm³/mol. The molecule has 2 unspecified atom stereocenters. The van der Waals surface area contributed by atoms with Crippen LogP contribution in [0.2, 0.25) is 0 Å². The summed E-state index contributed by atoms with van der Waals surface area (Å²) in [6, 6.07) is 0. The van der Waals surface area contributed by atoms with Gasteiger partial charge in [0.1, 0.15) is 0 Å². The van der Waals surface area contributed by atoms with Crippen molar-refractivity contribution < 1.29 is 5.11 Å². The Balaban J connectivity index is 2.84. The summed E-state index contributed by atoms with van der Waals surface area (Å²) in [6.07, 6.45) is -0.277. The highest BCUT2D eigenvalue weighted by Gasteiger charge is 2.14. The Bertz CT molecular complexity index is 232. The van der Waals surface area contributed by atoms with Crippen LogP contribution in [0.25, 0.3) is 0 Å². The lowest BCUT2D eigenvalue weighted by Crippen LogP contribution is -2.10. The van der Waals surface area contributed by atoms with E-state index in [0.29, 0.717) is 0 Å². The van der Waals surface area contributed by atoms with E-state index in [1.165, 1.54) is 5.56 Å². The van der Waals surface area contributed by atoms with E-state index in [4.69, 9.17) is 0 Å². The highest BCUT2D eigenvalue weighted by molar-refractivity contribution is 9.10. The van der Waals surface area contributed by atoms with Crippen LogP contribution in [0.1, 0.15) is 25.3 Å². The average Bonchev–Trinajstić information content (AvgIpc) is 2.33. The fraction of sp³-hybridized carbons (Fsp3) is 0.500. The minimum Gasteiger partial charge on any atom is -0.393 e. The molecule has 0 amide bonds. The van der Waals surface area contributed by atoms with E-state index in [1.807, 2.05) is 19.2 Å². The largest absolute Gasteiger partial charge is 0.393 e. The molecule has 0 fully saturated rings. The second-order valence-corrected chi connectivity index (χ2v) is 4.30. The first-order valence-electron chi connectivity index (χ1n) is 3.52. The molecule has 0 spiro atoms. The Hall–Kier alpha value is 0.140. The molecule has 0 aromatic carbocycles. The molecule has 2 atom stereocenters. The number of halogens is 1. The third-order valence-electron chi connectivity index (χ3n) is 1.86. The standard InChI is InChI=1S/C8H11BrOS/c1-5(6(2)10)7-3-11-4-8(7)9/h3-6,10H,1-2H3. The van der Waals surface area contributed by atoms with Crippen LogP contribution in [0.15, 0.2) is 15.2 Å². The van der Waals surface area contributed by atoms with Gasteiger partial charge in [0, 0.05) is 15.8 Å². The molecule has 11 heavy (non-hydrogen) atoms. The summed E-state index contributed by atoms with van der Waals surface area (Å²) in [7, 11) is 0. The normalized spacial score (nSPS) is 16.4. The van der Waals surface area contributed by atoms with Crippen molar-refractivity contribution in [1.29, 1.82) is 0 Å². The maximum absolute atomic E-state index is 9.30. The van der Waals surface area contributed by atoms with Gasteiger partial charge in [0.05, 0.1) is 6.10 Å². The van der Waals surface area contributed by atoms with Gasteiger partial charge in [-0.15, -0.1) is 0 Å². The molecule has 0 saturated carbocycles. The quantitative estimate of drug-likeness (QED) is 0.835. The summed E-state index contributed by atoms with van der Waals surface area (Å²) in [5.74, 6) is 0.218. The monoisotopic (exact) mass is 234 g/mol. The smallest absolute Gasteiger partial charge is 0.0578 e. The lowest BCUT2D eigenvalue weighted by atomic mass is 10.00. The minimum atomic E-state index is -0.277. The molecule has 0 saturated heterocycles. The zero-order chi connectivity index (χ0) is 8.43. The molecule has 0 aliphatic heterocycles. The zero-order valence-electron chi connectivity index (χ0n) is 6.54. The van der Waals surface area contributed by atoms with Crippen molar-refractivity contribution in [2.45, 2.75) is 25.9 Å². The van der Waals surface area contributed by atoms with E-state index in [9.17, 15) is 5.11 Å². The summed E-state index contributed by atoms with van der Waals surface area (Å²) in [5, 5.41) is 13.4. The van der Waals surface area contributed by atoms with Crippen LogP contribution < -0.4 is 0 Å². The third-order valence-corrected chi connectivity index (χ3v) is 3.61. The van der Waals surface area contributed by atoms with E-state index in [1.54, 1.807) is 11.3 Å². The summed E-state index contributed by atoms with van der Waals surface area (Å²) < 4.78 is 1.11. The van der Waals surface area contributed by atoms with Crippen molar-refractivity contribution in [1.82, 2.24) is 0 Å². The van der Waals surface area contributed by atoms with Gasteiger partial charge in [-0.3, -0.25) is 0 Å². The maximum Gasteiger partial charge on any atom is 0.0578 e.